The summed E-state index contributed by atoms with van der Waals surface area (Å²) >= 11 is 0. The van der Waals surface area contributed by atoms with Crippen LogP contribution in [0.3, 0.4) is 0 Å². The van der Waals surface area contributed by atoms with E-state index in [9.17, 15) is 18.0 Å². The van der Waals surface area contributed by atoms with Crippen molar-refractivity contribution in [3.8, 4) is 11.4 Å². The van der Waals surface area contributed by atoms with E-state index in [0.29, 0.717) is 17.0 Å². The summed E-state index contributed by atoms with van der Waals surface area (Å²) in [6.07, 6.45) is -2.86. The minimum atomic E-state index is -4.44. The highest BCUT2D eigenvalue weighted by Crippen LogP contribution is 2.30. The van der Waals surface area contributed by atoms with Gasteiger partial charge in [-0.3, -0.25) is 9.78 Å². The third-order valence-corrected chi connectivity index (χ3v) is 3.72. The van der Waals surface area contributed by atoms with Gasteiger partial charge < -0.3 is 9.84 Å². The lowest BCUT2D eigenvalue weighted by atomic mass is 10.0. The van der Waals surface area contributed by atoms with Gasteiger partial charge in [-0.05, 0) is 36.8 Å². The molecular weight excluding hydrogens is 347 g/mol. The first-order valence-corrected chi connectivity index (χ1v) is 7.71. The summed E-state index contributed by atoms with van der Waals surface area (Å²) in [6.45, 7) is 1.59. The zero-order valence-corrected chi connectivity index (χ0v) is 13.6. The van der Waals surface area contributed by atoms with Crippen molar-refractivity contribution in [2.45, 2.75) is 19.1 Å². The molecule has 2 heterocycles. The van der Waals surface area contributed by atoms with Gasteiger partial charge in [-0.15, -0.1) is 0 Å². The van der Waals surface area contributed by atoms with Gasteiger partial charge in [-0.25, -0.2) is 0 Å². The molecule has 3 rings (SSSR count). The van der Waals surface area contributed by atoms with Gasteiger partial charge in [-0.2, -0.15) is 13.2 Å². The van der Waals surface area contributed by atoms with E-state index in [1.165, 1.54) is 18.2 Å². The van der Waals surface area contributed by atoms with Crippen molar-refractivity contribution in [1.29, 1.82) is 0 Å². The highest BCUT2D eigenvalue weighted by Gasteiger charge is 2.30. The number of pyridine rings is 1. The van der Waals surface area contributed by atoms with Crippen LogP contribution in [0.1, 0.15) is 34.6 Å². The van der Waals surface area contributed by atoms with Gasteiger partial charge in [0, 0.05) is 12.3 Å². The maximum absolute atomic E-state index is 12.8. The second-order valence-electron chi connectivity index (χ2n) is 5.61. The van der Waals surface area contributed by atoms with Gasteiger partial charge >= 0.3 is 6.18 Å². The SMILES string of the molecule is C[C@@H](NC(=O)c1cc(-c2ccccn2)no1)c1cccc(C(F)(F)F)c1. The fourth-order valence-corrected chi connectivity index (χ4v) is 2.35. The van der Waals surface area contributed by atoms with Crippen LogP contribution in [0.5, 0.6) is 0 Å². The molecule has 0 radical (unpaired) electrons. The zero-order valence-electron chi connectivity index (χ0n) is 13.6. The monoisotopic (exact) mass is 361 g/mol. The Labute approximate surface area is 146 Å². The topological polar surface area (TPSA) is 68.0 Å². The molecule has 1 amide bonds. The summed E-state index contributed by atoms with van der Waals surface area (Å²) in [4.78, 5) is 16.4. The highest BCUT2D eigenvalue weighted by molar-refractivity contribution is 5.92. The highest BCUT2D eigenvalue weighted by atomic mass is 19.4. The van der Waals surface area contributed by atoms with Crippen LogP contribution in [0.2, 0.25) is 0 Å². The van der Waals surface area contributed by atoms with Crippen LogP contribution in [0.15, 0.2) is 59.3 Å². The van der Waals surface area contributed by atoms with E-state index < -0.39 is 23.7 Å². The van der Waals surface area contributed by atoms with E-state index >= 15 is 0 Å². The van der Waals surface area contributed by atoms with Gasteiger partial charge in [0.05, 0.1) is 17.3 Å². The van der Waals surface area contributed by atoms with Gasteiger partial charge in [0.15, 0.2) is 0 Å². The Balaban J connectivity index is 1.73. The average Bonchev–Trinajstić information content (AvgIpc) is 3.12. The number of benzene rings is 1. The Bertz CT molecular complexity index is 907. The van der Waals surface area contributed by atoms with Crippen LogP contribution in [-0.4, -0.2) is 16.0 Å². The van der Waals surface area contributed by atoms with Crippen LogP contribution in [0, 0.1) is 0 Å². The molecule has 0 fully saturated rings. The van der Waals surface area contributed by atoms with Gasteiger partial charge in [0.1, 0.15) is 5.69 Å². The number of nitrogens with one attached hydrogen (secondary N) is 1. The van der Waals surface area contributed by atoms with Gasteiger partial charge in [-0.1, -0.05) is 23.4 Å². The summed E-state index contributed by atoms with van der Waals surface area (Å²) in [5.41, 5.74) is 0.495. The van der Waals surface area contributed by atoms with Crippen LogP contribution in [0.25, 0.3) is 11.4 Å². The molecule has 3 aromatic rings. The average molecular weight is 361 g/mol. The van der Waals surface area contributed by atoms with Crippen molar-refractivity contribution in [3.05, 3.63) is 71.6 Å². The number of rotatable bonds is 4. The normalized spacial score (nSPS) is 12.6. The first-order valence-electron chi connectivity index (χ1n) is 7.71. The number of halogens is 3. The van der Waals surface area contributed by atoms with E-state index in [1.54, 1.807) is 31.3 Å². The Hall–Kier alpha value is -3.16. The standard InChI is InChI=1S/C18H14F3N3O2/c1-11(12-5-4-6-13(9-12)18(19,20)21)23-17(25)16-10-15(24-26-16)14-7-2-3-8-22-14/h2-11H,1H3,(H,23,25)/t11-/m1/s1. The second kappa shape index (κ2) is 6.99. The molecule has 0 unspecified atom stereocenters. The van der Waals surface area contributed by atoms with E-state index in [2.05, 4.69) is 15.5 Å². The van der Waals surface area contributed by atoms with E-state index in [1.807, 2.05) is 0 Å². The van der Waals surface area contributed by atoms with Crippen LogP contribution >= 0.6 is 0 Å². The first-order chi connectivity index (χ1) is 12.3. The maximum atomic E-state index is 12.8. The Kier molecular flexibility index (Phi) is 4.75. The predicted molar refractivity (Wildman–Crippen MR) is 87.1 cm³/mol. The molecule has 1 N–H and O–H groups in total. The van der Waals surface area contributed by atoms with Crippen molar-refractivity contribution in [3.63, 3.8) is 0 Å². The van der Waals surface area contributed by atoms with Gasteiger partial charge in [0.2, 0.25) is 5.76 Å². The van der Waals surface area contributed by atoms with Crippen molar-refractivity contribution in [2.24, 2.45) is 0 Å². The molecule has 134 valence electrons. The summed E-state index contributed by atoms with van der Waals surface area (Å²) < 4.78 is 43.4. The Morgan fingerprint density at radius 3 is 2.62 bits per heavy atom. The minimum absolute atomic E-state index is 0.0514. The lowest BCUT2D eigenvalue weighted by Gasteiger charge is -2.15. The second-order valence-corrected chi connectivity index (χ2v) is 5.61. The Morgan fingerprint density at radius 2 is 1.92 bits per heavy atom. The number of carbonyl (C=O) groups excluding carboxylic acids is 1. The molecule has 0 aliphatic rings. The van der Waals surface area contributed by atoms with Crippen LogP contribution in [0.4, 0.5) is 13.2 Å². The third-order valence-electron chi connectivity index (χ3n) is 3.72. The molecule has 26 heavy (non-hydrogen) atoms. The fourth-order valence-electron chi connectivity index (χ4n) is 2.35. The molecule has 0 aliphatic heterocycles. The van der Waals surface area contributed by atoms with Crippen molar-refractivity contribution in [2.75, 3.05) is 0 Å². The van der Waals surface area contributed by atoms with Crippen LogP contribution in [-0.2, 0) is 6.18 Å². The first kappa shape index (κ1) is 17.7. The molecule has 2 aromatic heterocycles. The summed E-state index contributed by atoms with van der Waals surface area (Å²) in [6, 6.07) is 10.8. The number of hydrogen-bond acceptors (Lipinski definition) is 4. The molecule has 0 bridgehead atoms. The number of nitrogens with zero attached hydrogens (tertiary/aromatic N) is 2. The van der Waals surface area contributed by atoms with E-state index in [-0.39, 0.29) is 5.76 Å². The molecule has 5 nitrogen and oxygen atoms in total. The molecule has 8 heteroatoms. The van der Waals surface area contributed by atoms with Crippen molar-refractivity contribution >= 4 is 5.91 Å². The molecule has 0 saturated carbocycles. The molecule has 0 spiro atoms. The molecule has 0 aliphatic carbocycles. The molecule has 1 atom stereocenters. The lowest BCUT2D eigenvalue weighted by Crippen LogP contribution is -2.26. The van der Waals surface area contributed by atoms with Crippen molar-refractivity contribution in [1.82, 2.24) is 15.5 Å². The summed E-state index contributed by atoms with van der Waals surface area (Å²) in [7, 11) is 0. The quantitative estimate of drug-likeness (QED) is 0.754. The number of carbonyl (C=O) groups is 1. The van der Waals surface area contributed by atoms with E-state index in [0.717, 1.165) is 12.1 Å². The number of amides is 1. The smallest absolute Gasteiger partial charge is 0.350 e. The molecule has 0 saturated heterocycles. The van der Waals surface area contributed by atoms with Crippen molar-refractivity contribution < 1.29 is 22.5 Å². The fraction of sp³-hybridized carbons (Fsp3) is 0.167. The molecule has 1 aromatic carbocycles. The largest absolute Gasteiger partial charge is 0.416 e. The Morgan fingerprint density at radius 1 is 1.12 bits per heavy atom. The predicted octanol–water partition coefficient (Wildman–Crippen LogP) is 4.25. The number of hydrogen-bond donors (Lipinski definition) is 1. The summed E-state index contributed by atoms with van der Waals surface area (Å²) in [5, 5.41) is 6.38. The number of alkyl halides is 3. The molecular formula is C18H14F3N3O2. The van der Waals surface area contributed by atoms with E-state index in [4.69, 9.17) is 4.52 Å². The maximum Gasteiger partial charge on any atom is 0.416 e. The minimum Gasteiger partial charge on any atom is -0.350 e. The third kappa shape index (κ3) is 3.90. The summed E-state index contributed by atoms with van der Waals surface area (Å²) in [5.74, 6) is -0.630. The van der Waals surface area contributed by atoms with Crippen LogP contribution < -0.4 is 5.32 Å². The number of aromatic nitrogens is 2. The zero-order chi connectivity index (χ0) is 18.7. The lowest BCUT2D eigenvalue weighted by molar-refractivity contribution is -0.137. The van der Waals surface area contributed by atoms with Gasteiger partial charge in [0.25, 0.3) is 5.91 Å².